The van der Waals surface area contributed by atoms with Crippen molar-refractivity contribution in [1.29, 1.82) is 0 Å². The summed E-state index contributed by atoms with van der Waals surface area (Å²) in [6.07, 6.45) is 5.82. The summed E-state index contributed by atoms with van der Waals surface area (Å²) in [5, 5.41) is 12.3. The molecule has 1 amide bonds. The van der Waals surface area contributed by atoms with Gasteiger partial charge in [-0.3, -0.25) is 19.1 Å². The van der Waals surface area contributed by atoms with E-state index in [1.165, 1.54) is 0 Å². The Bertz CT molecular complexity index is 1500. The Labute approximate surface area is 235 Å². The molecule has 0 saturated carbocycles. The Kier molecular flexibility index (Phi) is 7.78. The van der Waals surface area contributed by atoms with Crippen molar-refractivity contribution in [3.63, 3.8) is 0 Å². The summed E-state index contributed by atoms with van der Waals surface area (Å²) < 4.78 is 15.3. The Morgan fingerprint density at radius 1 is 1.15 bits per heavy atom. The molecule has 1 fully saturated rings. The lowest BCUT2D eigenvalue weighted by Gasteiger charge is -2.45. The molecule has 2 aromatic heterocycles. The first-order valence-electron chi connectivity index (χ1n) is 13.6. The number of rotatable bonds is 10. The number of carbonyl (C=O) groups excluding carboxylic acids is 1. The summed E-state index contributed by atoms with van der Waals surface area (Å²) in [7, 11) is 5.97. The van der Waals surface area contributed by atoms with E-state index in [4.69, 9.17) is 14.6 Å². The summed E-state index contributed by atoms with van der Waals surface area (Å²) in [5.74, 6) is 0.525. The summed E-state index contributed by atoms with van der Waals surface area (Å²) in [6.45, 7) is 8.57. The van der Waals surface area contributed by atoms with Gasteiger partial charge in [0.1, 0.15) is 17.9 Å². The fourth-order valence-corrected chi connectivity index (χ4v) is 4.80. The molecule has 3 heterocycles. The molecule has 5 rings (SSSR count). The molecular formula is C31H38N6O3. The van der Waals surface area contributed by atoms with Crippen LogP contribution in [0.2, 0.25) is 0 Å². The molecule has 0 radical (unpaired) electrons. The highest BCUT2D eigenvalue weighted by Gasteiger charge is 2.41. The zero-order chi connectivity index (χ0) is 28.4. The number of carbonyl (C=O) groups is 1. The van der Waals surface area contributed by atoms with E-state index in [2.05, 4.69) is 40.4 Å². The van der Waals surface area contributed by atoms with E-state index in [0.717, 1.165) is 40.1 Å². The number of hydrogen-bond donors (Lipinski definition) is 1. The monoisotopic (exact) mass is 542 g/mol. The summed E-state index contributed by atoms with van der Waals surface area (Å²) in [5.41, 5.74) is 6.25. The zero-order valence-corrected chi connectivity index (χ0v) is 24.1. The fourth-order valence-electron chi connectivity index (χ4n) is 4.80. The summed E-state index contributed by atoms with van der Waals surface area (Å²) in [4.78, 5) is 15.6. The summed E-state index contributed by atoms with van der Waals surface area (Å²) >= 11 is 0. The Morgan fingerprint density at radius 2 is 1.93 bits per heavy atom. The molecule has 0 bridgehead atoms. The summed E-state index contributed by atoms with van der Waals surface area (Å²) in [6, 6.07) is 13.8. The van der Waals surface area contributed by atoms with Gasteiger partial charge in [-0.25, -0.2) is 0 Å². The maximum Gasteiger partial charge on any atom is 0.252 e. The highest BCUT2D eigenvalue weighted by molar-refractivity contribution is 5.96. The van der Waals surface area contributed by atoms with Crippen LogP contribution in [0, 0.1) is 6.92 Å². The molecule has 0 aliphatic carbocycles. The minimum atomic E-state index is -0.246. The maximum atomic E-state index is 13.5. The third-order valence-electron chi connectivity index (χ3n) is 7.75. The molecule has 40 heavy (non-hydrogen) atoms. The van der Waals surface area contributed by atoms with Gasteiger partial charge in [-0.15, -0.1) is 0 Å². The molecule has 0 unspecified atom stereocenters. The van der Waals surface area contributed by atoms with Gasteiger partial charge in [0.2, 0.25) is 0 Å². The molecule has 4 aromatic rings. The van der Waals surface area contributed by atoms with Crippen LogP contribution < -0.4 is 10.1 Å². The first-order valence-corrected chi connectivity index (χ1v) is 13.6. The second-order valence-electron chi connectivity index (χ2n) is 10.9. The predicted octanol–water partition coefficient (Wildman–Crippen LogP) is 4.48. The topological polar surface area (TPSA) is 86.4 Å². The van der Waals surface area contributed by atoms with Crippen molar-refractivity contribution in [1.82, 2.24) is 29.8 Å². The number of amides is 1. The lowest BCUT2D eigenvalue weighted by molar-refractivity contribution is -0.141. The molecule has 210 valence electrons. The highest BCUT2D eigenvalue weighted by atomic mass is 16.5. The third kappa shape index (κ3) is 5.66. The van der Waals surface area contributed by atoms with E-state index in [0.29, 0.717) is 31.1 Å². The number of ether oxygens (including phenoxy) is 2. The quantitative estimate of drug-likeness (QED) is 0.318. The number of hydrogen-bond acceptors (Lipinski definition) is 6. The van der Waals surface area contributed by atoms with Crippen molar-refractivity contribution in [3.8, 4) is 28.1 Å². The van der Waals surface area contributed by atoms with E-state index in [1.807, 2.05) is 82.5 Å². The average molecular weight is 543 g/mol. The van der Waals surface area contributed by atoms with Gasteiger partial charge < -0.3 is 14.8 Å². The number of aryl methyl sites for hydroxylation is 3. The van der Waals surface area contributed by atoms with Gasteiger partial charge in [0, 0.05) is 42.7 Å². The van der Waals surface area contributed by atoms with Crippen LogP contribution in [-0.4, -0.2) is 69.8 Å². The van der Waals surface area contributed by atoms with Crippen LogP contribution in [0.4, 0.5) is 0 Å². The fraction of sp³-hybridized carbons (Fsp3) is 0.387. The third-order valence-corrected chi connectivity index (χ3v) is 7.75. The second kappa shape index (κ2) is 11.3. The van der Waals surface area contributed by atoms with Crippen LogP contribution in [0.25, 0.3) is 22.4 Å². The van der Waals surface area contributed by atoms with Crippen LogP contribution in [0.3, 0.4) is 0 Å². The smallest absolute Gasteiger partial charge is 0.252 e. The van der Waals surface area contributed by atoms with E-state index in [1.54, 1.807) is 4.68 Å². The van der Waals surface area contributed by atoms with Crippen molar-refractivity contribution < 1.29 is 14.3 Å². The van der Waals surface area contributed by atoms with Gasteiger partial charge in [-0.05, 0) is 88.0 Å². The predicted molar refractivity (Wildman–Crippen MR) is 155 cm³/mol. The normalized spacial score (nSPS) is 15.1. The molecule has 1 N–H and O–H groups in total. The van der Waals surface area contributed by atoms with Crippen LogP contribution in [0.15, 0.2) is 61.1 Å². The standard InChI is InChI=1S/C31H38N6O3/c1-7-37-11-10-29(34-37)25-13-23(12-24(14-25)26-16-32-36(6)17-26)22(3)33-30(38)28-15-27(9-8-21(28)2)40-20-31(35(4)5)18-39-19-31/h8-17,22H,7,18-20H2,1-6H3,(H,33,38)/t22-/m1/s1. The Hall–Kier alpha value is -3.95. The molecule has 1 aliphatic rings. The molecule has 1 saturated heterocycles. The first kappa shape index (κ1) is 27.6. The first-order chi connectivity index (χ1) is 19.2. The minimum Gasteiger partial charge on any atom is -0.491 e. The van der Waals surface area contributed by atoms with Crippen molar-refractivity contribution in [2.45, 2.75) is 38.9 Å². The van der Waals surface area contributed by atoms with Crippen molar-refractivity contribution in [3.05, 3.63) is 77.7 Å². The van der Waals surface area contributed by atoms with E-state index in [-0.39, 0.29) is 17.5 Å². The molecule has 9 nitrogen and oxygen atoms in total. The molecule has 9 heteroatoms. The SMILES string of the molecule is CCn1ccc(-c2cc(-c3cnn(C)c3)cc([C@@H](C)NC(=O)c3cc(OCC4(N(C)C)COC4)ccc3C)c2)n1. The van der Waals surface area contributed by atoms with Gasteiger partial charge in [-0.2, -0.15) is 10.2 Å². The van der Waals surface area contributed by atoms with Crippen molar-refractivity contribution in [2.75, 3.05) is 33.9 Å². The average Bonchev–Trinajstić information content (AvgIpc) is 3.57. The number of nitrogens with one attached hydrogen (secondary N) is 1. The van der Waals surface area contributed by atoms with Gasteiger partial charge in [0.05, 0.1) is 31.1 Å². The van der Waals surface area contributed by atoms with Crippen molar-refractivity contribution >= 4 is 5.91 Å². The van der Waals surface area contributed by atoms with Crippen LogP contribution in [0.1, 0.15) is 41.4 Å². The maximum absolute atomic E-state index is 13.5. The van der Waals surface area contributed by atoms with Gasteiger partial charge in [-0.1, -0.05) is 6.07 Å². The second-order valence-corrected chi connectivity index (χ2v) is 10.9. The molecule has 2 aromatic carbocycles. The van der Waals surface area contributed by atoms with Crippen molar-refractivity contribution in [2.24, 2.45) is 7.05 Å². The number of aromatic nitrogens is 4. The molecule has 1 aliphatic heterocycles. The van der Waals surface area contributed by atoms with E-state index >= 15 is 0 Å². The zero-order valence-electron chi connectivity index (χ0n) is 24.1. The number of likely N-dealkylation sites (N-methyl/N-ethyl adjacent to an activating group) is 1. The number of nitrogens with zero attached hydrogens (tertiary/aromatic N) is 5. The highest BCUT2D eigenvalue weighted by Crippen LogP contribution is 2.31. The van der Waals surface area contributed by atoms with Gasteiger partial charge >= 0.3 is 0 Å². The molecule has 0 spiro atoms. The Balaban J connectivity index is 1.38. The molecular weight excluding hydrogens is 504 g/mol. The lowest BCUT2D eigenvalue weighted by atomic mass is 9.96. The van der Waals surface area contributed by atoms with E-state index in [9.17, 15) is 4.79 Å². The largest absolute Gasteiger partial charge is 0.491 e. The van der Waals surface area contributed by atoms with Gasteiger partial charge in [0.25, 0.3) is 5.91 Å². The van der Waals surface area contributed by atoms with Crippen LogP contribution in [-0.2, 0) is 18.3 Å². The minimum absolute atomic E-state index is 0.133. The van der Waals surface area contributed by atoms with Gasteiger partial charge in [0.15, 0.2) is 0 Å². The lowest BCUT2D eigenvalue weighted by Crippen LogP contribution is -2.63. The molecule has 1 atom stereocenters. The Morgan fingerprint density at radius 3 is 2.55 bits per heavy atom. The van der Waals surface area contributed by atoms with E-state index < -0.39 is 0 Å². The number of benzene rings is 2. The van der Waals surface area contributed by atoms with Crippen LogP contribution in [0.5, 0.6) is 5.75 Å². The van der Waals surface area contributed by atoms with Crippen LogP contribution >= 0.6 is 0 Å².